The maximum atomic E-state index is 13.8. The van der Waals surface area contributed by atoms with Crippen LogP contribution in [0.15, 0.2) is 18.2 Å². The lowest BCUT2D eigenvalue weighted by Gasteiger charge is -2.33. The van der Waals surface area contributed by atoms with Crippen LogP contribution in [0.5, 0.6) is 11.5 Å². The lowest BCUT2D eigenvalue weighted by molar-refractivity contribution is -0.156. The molecule has 0 spiro atoms. The number of unbranched alkanes of at least 4 members (excludes halogenated alkanes) is 4. The molecule has 43 heavy (non-hydrogen) atoms. The first kappa shape index (κ1) is 34.5. The average molecular weight is 604 g/mol. The van der Waals surface area contributed by atoms with Crippen LogP contribution in [0.3, 0.4) is 0 Å². The molecule has 2 N–H and O–H groups in total. The van der Waals surface area contributed by atoms with E-state index in [-0.39, 0.29) is 11.8 Å². The number of nitrogens with one attached hydrogen (secondary N) is 2. The second-order valence-electron chi connectivity index (χ2n) is 13.0. The molecule has 3 rings (SSSR count). The van der Waals surface area contributed by atoms with E-state index in [4.69, 9.17) is 18.9 Å². The van der Waals surface area contributed by atoms with E-state index in [9.17, 15) is 14.4 Å². The molecule has 0 saturated carbocycles. The summed E-state index contributed by atoms with van der Waals surface area (Å²) in [5.41, 5.74) is -0.0323. The molecule has 0 aromatic heterocycles. The molecule has 0 bridgehead atoms. The van der Waals surface area contributed by atoms with Gasteiger partial charge in [0.1, 0.15) is 31.0 Å². The highest BCUT2D eigenvalue weighted by Gasteiger charge is 2.36. The third kappa shape index (κ3) is 11.5. The van der Waals surface area contributed by atoms with Crippen molar-refractivity contribution in [3.63, 3.8) is 0 Å². The third-order valence-electron chi connectivity index (χ3n) is 7.60. The molecule has 2 aliphatic rings. The number of amides is 2. The number of carbonyl (C=O) groups is 3. The number of likely N-dealkylation sites (tertiary alicyclic amines) is 1. The Kier molecular flexibility index (Phi) is 13.4. The van der Waals surface area contributed by atoms with Crippen molar-refractivity contribution in [1.29, 1.82) is 0 Å². The summed E-state index contributed by atoms with van der Waals surface area (Å²) in [4.78, 5) is 42.0. The first-order chi connectivity index (χ1) is 20.5. The largest absolute Gasteiger partial charge is 0.486 e. The maximum Gasteiger partial charge on any atom is 0.408 e. The Balaban J connectivity index is 1.88. The van der Waals surface area contributed by atoms with E-state index < -0.39 is 35.9 Å². The van der Waals surface area contributed by atoms with Gasteiger partial charge in [0.25, 0.3) is 0 Å². The molecule has 1 aromatic carbocycles. The summed E-state index contributed by atoms with van der Waals surface area (Å²) in [5, 5.41) is 5.92. The molecule has 2 heterocycles. The SMILES string of the molecule is CCCCCCCC(=O)N[C@H](CN1CCCC1)[C@H](OC(=O)[C@H](NC(=O)OC(C)(C)C)C(C)C)c1ccc2c(c1)OCCO2. The average Bonchev–Trinajstić information content (AvgIpc) is 3.46. The van der Waals surface area contributed by atoms with E-state index in [1.807, 2.05) is 32.0 Å². The third-order valence-corrected chi connectivity index (χ3v) is 7.60. The fourth-order valence-corrected chi connectivity index (χ4v) is 5.38. The molecule has 1 saturated heterocycles. The molecule has 2 amide bonds. The number of benzene rings is 1. The number of hydrogen-bond donors (Lipinski definition) is 2. The number of carbonyl (C=O) groups excluding carboxylic acids is 3. The Hall–Kier alpha value is -3.01. The number of esters is 1. The number of alkyl carbamates (subject to hydrolysis) is 1. The summed E-state index contributed by atoms with van der Waals surface area (Å²) in [6.45, 7) is 14.4. The van der Waals surface area contributed by atoms with Crippen LogP contribution in [0.2, 0.25) is 0 Å². The quantitative estimate of drug-likeness (QED) is 0.199. The zero-order chi connectivity index (χ0) is 31.4. The van der Waals surface area contributed by atoms with Crippen molar-refractivity contribution in [2.24, 2.45) is 5.92 Å². The second-order valence-corrected chi connectivity index (χ2v) is 13.0. The number of hydrogen-bond acceptors (Lipinski definition) is 8. The summed E-state index contributed by atoms with van der Waals surface area (Å²) in [6, 6.07) is 4.03. The van der Waals surface area contributed by atoms with Crippen molar-refractivity contribution >= 4 is 18.0 Å². The van der Waals surface area contributed by atoms with E-state index in [2.05, 4.69) is 22.5 Å². The van der Waals surface area contributed by atoms with E-state index in [1.165, 1.54) is 0 Å². The summed E-state index contributed by atoms with van der Waals surface area (Å²) >= 11 is 0. The van der Waals surface area contributed by atoms with Gasteiger partial charge >= 0.3 is 12.1 Å². The van der Waals surface area contributed by atoms with Gasteiger partial charge in [-0.2, -0.15) is 0 Å². The highest BCUT2D eigenvalue weighted by atomic mass is 16.6. The molecule has 1 aromatic rings. The van der Waals surface area contributed by atoms with Gasteiger partial charge in [-0.1, -0.05) is 52.5 Å². The zero-order valence-electron chi connectivity index (χ0n) is 27.0. The van der Waals surface area contributed by atoms with Crippen LogP contribution in [-0.2, 0) is 19.1 Å². The van der Waals surface area contributed by atoms with Crippen LogP contribution in [0.25, 0.3) is 0 Å². The van der Waals surface area contributed by atoms with Crippen molar-refractivity contribution in [2.45, 2.75) is 117 Å². The van der Waals surface area contributed by atoms with Gasteiger partial charge in [-0.05, 0) is 76.7 Å². The Morgan fingerprint density at radius 2 is 1.63 bits per heavy atom. The first-order valence-electron chi connectivity index (χ1n) is 16.1. The van der Waals surface area contributed by atoms with Crippen molar-refractivity contribution in [1.82, 2.24) is 15.5 Å². The molecule has 10 heteroatoms. The summed E-state index contributed by atoms with van der Waals surface area (Å²) in [6.07, 6.45) is 6.30. The molecule has 0 unspecified atom stereocenters. The van der Waals surface area contributed by atoms with Gasteiger partial charge in [-0.15, -0.1) is 0 Å². The smallest absolute Gasteiger partial charge is 0.408 e. The molecule has 242 valence electrons. The number of nitrogens with zero attached hydrogens (tertiary/aromatic N) is 1. The van der Waals surface area contributed by atoms with Crippen LogP contribution >= 0.6 is 0 Å². The van der Waals surface area contributed by atoms with E-state index in [0.717, 1.165) is 58.0 Å². The zero-order valence-corrected chi connectivity index (χ0v) is 27.0. The number of fused-ring (bicyclic) bond motifs is 1. The molecule has 3 atom stereocenters. The van der Waals surface area contributed by atoms with Crippen LogP contribution in [0.1, 0.15) is 105 Å². The van der Waals surface area contributed by atoms with Gasteiger partial charge in [-0.3, -0.25) is 4.79 Å². The summed E-state index contributed by atoms with van der Waals surface area (Å²) < 4.78 is 23.3. The summed E-state index contributed by atoms with van der Waals surface area (Å²) in [5.74, 6) is 0.265. The highest BCUT2D eigenvalue weighted by Crippen LogP contribution is 2.35. The topological polar surface area (TPSA) is 115 Å². The van der Waals surface area contributed by atoms with Crippen LogP contribution in [0.4, 0.5) is 4.79 Å². The lowest BCUT2D eigenvalue weighted by atomic mass is 9.99. The fourth-order valence-electron chi connectivity index (χ4n) is 5.38. The van der Waals surface area contributed by atoms with Gasteiger partial charge in [0.05, 0.1) is 6.04 Å². The molecule has 10 nitrogen and oxygen atoms in total. The van der Waals surface area contributed by atoms with Crippen molar-refractivity contribution in [3.8, 4) is 11.5 Å². The number of rotatable bonds is 15. The molecule has 1 fully saturated rings. The number of ether oxygens (including phenoxy) is 4. The fraction of sp³-hybridized carbons (Fsp3) is 0.727. The molecule has 0 radical (unpaired) electrons. The predicted molar refractivity (Wildman–Crippen MR) is 165 cm³/mol. The minimum Gasteiger partial charge on any atom is -0.486 e. The molecule has 2 aliphatic heterocycles. The van der Waals surface area contributed by atoms with Crippen molar-refractivity contribution in [2.75, 3.05) is 32.8 Å². The minimum atomic E-state index is -0.948. The Labute approximate surface area is 257 Å². The first-order valence-corrected chi connectivity index (χ1v) is 16.1. The minimum absolute atomic E-state index is 0.0634. The van der Waals surface area contributed by atoms with E-state index in [0.29, 0.717) is 43.2 Å². The standard InChI is InChI=1S/C33H53N3O7/c1-7-8-9-10-11-14-28(37)34-25(22-36-17-12-13-18-36)30(24-15-16-26-27(21-24)41-20-19-40-26)42-31(38)29(23(2)3)35-32(39)43-33(4,5)6/h15-16,21,23,25,29-30H,7-14,17-20,22H2,1-6H3,(H,34,37)(H,35,39)/t25-,29-,30-/m1/s1. The molecule has 0 aliphatic carbocycles. The van der Waals surface area contributed by atoms with E-state index in [1.54, 1.807) is 20.8 Å². The van der Waals surface area contributed by atoms with Gasteiger partial charge in [-0.25, -0.2) is 9.59 Å². The van der Waals surface area contributed by atoms with Crippen LogP contribution < -0.4 is 20.1 Å². The normalized spacial score (nSPS) is 17.2. The van der Waals surface area contributed by atoms with Gasteiger partial charge in [0.15, 0.2) is 11.5 Å². The Morgan fingerprint density at radius 3 is 2.28 bits per heavy atom. The van der Waals surface area contributed by atoms with Crippen LogP contribution in [-0.4, -0.2) is 73.4 Å². The predicted octanol–water partition coefficient (Wildman–Crippen LogP) is 5.53. The Bertz CT molecular complexity index is 1050. The van der Waals surface area contributed by atoms with Gasteiger partial charge in [0.2, 0.25) is 5.91 Å². The van der Waals surface area contributed by atoms with Crippen molar-refractivity contribution in [3.05, 3.63) is 23.8 Å². The van der Waals surface area contributed by atoms with Crippen molar-refractivity contribution < 1.29 is 33.3 Å². The lowest BCUT2D eigenvalue weighted by Crippen LogP contribution is -2.51. The molecular formula is C33H53N3O7. The Morgan fingerprint density at radius 1 is 0.953 bits per heavy atom. The summed E-state index contributed by atoms with van der Waals surface area (Å²) in [7, 11) is 0. The van der Waals surface area contributed by atoms with Gasteiger partial charge in [0, 0.05) is 13.0 Å². The van der Waals surface area contributed by atoms with Gasteiger partial charge < -0.3 is 34.5 Å². The maximum absolute atomic E-state index is 13.8. The van der Waals surface area contributed by atoms with E-state index >= 15 is 0 Å². The monoisotopic (exact) mass is 603 g/mol. The second kappa shape index (κ2) is 16.7. The molecular weight excluding hydrogens is 550 g/mol. The van der Waals surface area contributed by atoms with Crippen LogP contribution in [0, 0.1) is 5.92 Å². The highest BCUT2D eigenvalue weighted by molar-refractivity contribution is 5.82.